The van der Waals surface area contributed by atoms with Crippen LogP contribution in [0.5, 0.6) is 5.88 Å². The van der Waals surface area contributed by atoms with Crippen LogP contribution in [0.2, 0.25) is 0 Å². The van der Waals surface area contributed by atoms with E-state index in [1.54, 1.807) is 13.3 Å². The summed E-state index contributed by atoms with van der Waals surface area (Å²) in [7, 11) is 1.57. The third-order valence-electron chi connectivity index (χ3n) is 3.88. The number of carboxylic acids is 1. The van der Waals surface area contributed by atoms with E-state index in [1.165, 1.54) is 0 Å². The Kier molecular flexibility index (Phi) is 3.55. The molecule has 1 heterocycles. The van der Waals surface area contributed by atoms with Gasteiger partial charge < -0.3 is 9.84 Å². The second kappa shape index (κ2) is 4.96. The van der Waals surface area contributed by atoms with E-state index in [4.69, 9.17) is 4.74 Å². The summed E-state index contributed by atoms with van der Waals surface area (Å²) >= 11 is 0. The van der Waals surface area contributed by atoms with Crippen molar-refractivity contribution in [1.29, 1.82) is 0 Å². The SMILES string of the molecule is COc1ncccc1CC1(C(=O)O)CCC(C)C1. The maximum Gasteiger partial charge on any atom is 0.309 e. The van der Waals surface area contributed by atoms with Crippen molar-refractivity contribution in [1.82, 2.24) is 4.98 Å². The summed E-state index contributed by atoms with van der Waals surface area (Å²) in [5.41, 5.74) is 0.243. The molecule has 0 spiro atoms. The van der Waals surface area contributed by atoms with Crippen LogP contribution < -0.4 is 4.74 Å². The number of ether oxygens (including phenoxy) is 1. The molecule has 0 aliphatic heterocycles. The highest BCUT2D eigenvalue weighted by atomic mass is 16.5. The number of carbonyl (C=O) groups is 1. The highest BCUT2D eigenvalue weighted by molar-refractivity contribution is 5.75. The number of aromatic nitrogens is 1. The van der Waals surface area contributed by atoms with E-state index < -0.39 is 11.4 Å². The van der Waals surface area contributed by atoms with Crippen LogP contribution in [0.4, 0.5) is 0 Å². The van der Waals surface area contributed by atoms with Crippen LogP contribution >= 0.6 is 0 Å². The van der Waals surface area contributed by atoms with Crippen LogP contribution in [0.15, 0.2) is 18.3 Å². The molecule has 98 valence electrons. The van der Waals surface area contributed by atoms with Gasteiger partial charge in [0, 0.05) is 11.8 Å². The zero-order chi connectivity index (χ0) is 13.2. The van der Waals surface area contributed by atoms with Crippen LogP contribution in [-0.2, 0) is 11.2 Å². The average molecular weight is 249 g/mol. The van der Waals surface area contributed by atoms with Gasteiger partial charge in [0.05, 0.1) is 12.5 Å². The molecular weight excluding hydrogens is 230 g/mol. The third-order valence-corrected chi connectivity index (χ3v) is 3.88. The van der Waals surface area contributed by atoms with E-state index in [2.05, 4.69) is 11.9 Å². The molecule has 2 unspecified atom stereocenters. The molecule has 1 aromatic rings. The lowest BCUT2D eigenvalue weighted by Gasteiger charge is -2.24. The summed E-state index contributed by atoms with van der Waals surface area (Å²) in [5.74, 6) is 0.319. The Morgan fingerprint density at radius 3 is 3.00 bits per heavy atom. The lowest BCUT2D eigenvalue weighted by molar-refractivity contribution is -0.148. The van der Waals surface area contributed by atoms with Crippen molar-refractivity contribution in [3.8, 4) is 5.88 Å². The fourth-order valence-electron chi connectivity index (χ4n) is 2.93. The molecule has 0 radical (unpaired) electrons. The minimum Gasteiger partial charge on any atom is -0.481 e. The molecule has 0 bridgehead atoms. The topological polar surface area (TPSA) is 59.4 Å². The zero-order valence-electron chi connectivity index (χ0n) is 10.8. The van der Waals surface area contributed by atoms with Gasteiger partial charge in [-0.2, -0.15) is 0 Å². The molecule has 4 heteroatoms. The molecule has 0 amide bonds. The van der Waals surface area contributed by atoms with Crippen molar-refractivity contribution in [2.24, 2.45) is 11.3 Å². The summed E-state index contributed by atoms with van der Waals surface area (Å²) in [5, 5.41) is 9.55. The monoisotopic (exact) mass is 249 g/mol. The van der Waals surface area contributed by atoms with Gasteiger partial charge in [-0.3, -0.25) is 4.79 Å². The molecular formula is C14H19NO3. The molecule has 2 rings (SSSR count). The van der Waals surface area contributed by atoms with Crippen LogP contribution in [0.25, 0.3) is 0 Å². The number of hydrogen-bond donors (Lipinski definition) is 1. The lowest BCUT2D eigenvalue weighted by Crippen LogP contribution is -2.30. The van der Waals surface area contributed by atoms with Crippen LogP contribution in [0, 0.1) is 11.3 Å². The first kappa shape index (κ1) is 12.9. The number of nitrogens with zero attached hydrogens (tertiary/aromatic N) is 1. The van der Waals surface area contributed by atoms with Gasteiger partial charge in [0.2, 0.25) is 5.88 Å². The molecule has 18 heavy (non-hydrogen) atoms. The van der Waals surface area contributed by atoms with Crippen molar-refractivity contribution >= 4 is 5.97 Å². The summed E-state index contributed by atoms with van der Waals surface area (Å²) in [6.07, 6.45) is 4.62. The van der Waals surface area contributed by atoms with Crippen LogP contribution in [0.1, 0.15) is 31.7 Å². The summed E-state index contributed by atoms with van der Waals surface area (Å²) < 4.78 is 5.20. The fourth-order valence-corrected chi connectivity index (χ4v) is 2.93. The van der Waals surface area contributed by atoms with E-state index in [1.807, 2.05) is 12.1 Å². The number of hydrogen-bond acceptors (Lipinski definition) is 3. The van der Waals surface area contributed by atoms with Gasteiger partial charge in [-0.05, 0) is 37.7 Å². The molecule has 1 fully saturated rings. The normalized spacial score (nSPS) is 27.1. The molecule has 1 N–H and O–H groups in total. The van der Waals surface area contributed by atoms with Gasteiger partial charge >= 0.3 is 5.97 Å². The average Bonchev–Trinajstić information content (AvgIpc) is 2.73. The van der Waals surface area contributed by atoms with E-state index in [0.29, 0.717) is 18.2 Å². The summed E-state index contributed by atoms with van der Waals surface area (Å²) in [6.45, 7) is 2.12. The molecule has 0 saturated heterocycles. The Bertz CT molecular complexity index is 446. The minimum absolute atomic E-state index is 0.476. The lowest BCUT2D eigenvalue weighted by atomic mass is 9.79. The Morgan fingerprint density at radius 1 is 1.67 bits per heavy atom. The van der Waals surface area contributed by atoms with Crippen LogP contribution in [0.3, 0.4) is 0 Å². The Labute approximate surface area is 107 Å². The van der Waals surface area contributed by atoms with Gasteiger partial charge in [-0.1, -0.05) is 13.0 Å². The Morgan fingerprint density at radius 2 is 2.44 bits per heavy atom. The summed E-state index contributed by atoms with van der Waals surface area (Å²) in [6, 6.07) is 3.73. The quantitative estimate of drug-likeness (QED) is 0.890. The van der Waals surface area contributed by atoms with E-state index in [9.17, 15) is 9.90 Å². The number of pyridine rings is 1. The predicted octanol–water partition coefficient (Wildman–Crippen LogP) is 2.52. The number of methoxy groups -OCH3 is 1. The molecule has 0 aromatic carbocycles. The standard InChI is InChI=1S/C14H19NO3/c1-10-5-6-14(8-10,13(16)17)9-11-4-3-7-15-12(11)18-2/h3-4,7,10H,5-6,8-9H2,1-2H3,(H,16,17). The second-order valence-electron chi connectivity index (χ2n) is 5.28. The molecule has 1 saturated carbocycles. The highest BCUT2D eigenvalue weighted by Crippen LogP contribution is 2.45. The van der Waals surface area contributed by atoms with Crippen molar-refractivity contribution in [2.75, 3.05) is 7.11 Å². The third kappa shape index (κ3) is 2.33. The smallest absolute Gasteiger partial charge is 0.309 e. The largest absolute Gasteiger partial charge is 0.481 e. The Balaban J connectivity index is 2.27. The van der Waals surface area contributed by atoms with E-state index >= 15 is 0 Å². The first-order valence-electron chi connectivity index (χ1n) is 6.29. The molecule has 2 atom stereocenters. The first-order valence-corrected chi connectivity index (χ1v) is 6.29. The predicted molar refractivity (Wildman–Crippen MR) is 67.6 cm³/mol. The van der Waals surface area contributed by atoms with Crippen molar-refractivity contribution < 1.29 is 14.6 Å². The van der Waals surface area contributed by atoms with Crippen LogP contribution in [-0.4, -0.2) is 23.2 Å². The fraction of sp³-hybridized carbons (Fsp3) is 0.571. The van der Waals surface area contributed by atoms with Crippen molar-refractivity contribution in [3.05, 3.63) is 23.9 Å². The maximum atomic E-state index is 11.6. The highest BCUT2D eigenvalue weighted by Gasteiger charge is 2.44. The van der Waals surface area contributed by atoms with Gasteiger partial charge in [0.1, 0.15) is 0 Å². The molecule has 1 aliphatic carbocycles. The first-order chi connectivity index (χ1) is 8.57. The molecule has 4 nitrogen and oxygen atoms in total. The zero-order valence-corrected chi connectivity index (χ0v) is 10.8. The maximum absolute atomic E-state index is 11.6. The van der Waals surface area contributed by atoms with Gasteiger partial charge in [-0.15, -0.1) is 0 Å². The van der Waals surface area contributed by atoms with Gasteiger partial charge in [0.25, 0.3) is 0 Å². The van der Waals surface area contributed by atoms with E-state index in [0.717, 1.165) is 24.8 Å². The summed E-state index contributed by atoms with van der Waals surface area (Å²) in [4.78, 5) is 15.7. The number of aliphatic carboxylic acids is 1. The van der Waals surface area contributed by atoms with E-state index in [-0.39, 0.29) is 0 Å². The molecule has 1 aliphatic rings. The molecule has 1 aromatic heterocycles. The van der Waals surface area contributed by atoms with Crippen molar-refractivity contribution in [3.63, 3.8) is 0 Å². The van der Waals surface area contributed by atoms with Gasteiger partial charge in [0.15, 0.2) is 0 Å². The Hall–Kier alpha value is -1.58. The minimum atomic E-state index is -0.697. The number of carboxylic acid groups (broad SMARTS) is 1. The number of rotatable bonds is 4. The second-order valence-corrected chi connectivity index (χ2v) is 5.28. The van der Waals surface area contributed by atoms with Crippen molar-refractivity contribution in [2.45, 2.75) is 32.6 Å². The van der Waals surface area contributed by atoms with Gasteiger partial charge in [-0.25, -0.2) is 4.98 Å².